The van der Waals surface area contributed by atoms with E-state index >= 15 is 0 Å². The molecule has 2 atom stereocenters. The first kappa shape index (κ1) is 13.2. The number of ether oxygens (including phenoxy) is 2. The third-order valence-corrected chi connectivity index (χ3v) is 2.12. The van der Waals surface area contributed by atoms with Crippen molar-refractivity contribution in [1.29, 1.82) is 5.26 Å². The molecule has 7 nitrogen and oxygen atoms in total. The lowest BCUT2D eigenvalue weighted by Gasteiger charge is -2.17. The summed E-state index contributed by atoms with van der Waals surface area (Å²) in [5, 5.41) is 27.7. The molecule has 0 amide bonds. The molecule has 0 spiro atoms. The molecule has 7 heteroatoms. The molecule has 1 aromatic rings. The van der Waals surface area contributed by atoms with Crippen molar-refractivity contribution in [3.8, 4) is 18.0 Å². The first-order valence-corrected chi connectivity index (χ1v) is 4.82. The molecule has 0 aromatic carbocycles. The maximum Gasteiger partial charge on any atom is 0.319 e. The largest absolute Gasteiger partial charge is 0.481 e. The molecule has 1 aromatic heterocycles. The van der Waals surface area contributed by atoms with Gasteiger partial charge in [-0.1, -0.05) is 0 Å². The number of aromatic nitrogens is 2. The molecule has 2 unspecified atom stereocenters. The molecular weight excluding hydrogens is 226 g/mol. The topological polar surface area (TPSA) is 108 Å². The van der Waals surface area contributed by atoms with E-state index in [2.05, 4.69) is 9.97 Å². The van der Waals surface area contributed by atoms with E-state index in [1.54, 1.807) is 6.07 Å². The average molecular weight is 239 g/mol. The quantitative estimate of drug-likeness (QED) is 0.732. The summed E-state index contributed by atoms with van der Waals surface area (Å²) in [7, 11) is 2.77. The zero-order chi connectivity index (χ0) is 12.8. The number of hydrogen-bond donors (Lipinski definition) is 2. The number of hydrogen-bond acceptors (Lipinski definition) is 7. The Bertz CT molecular complexity index is 419. The second-order valence-corrected chi connectivity index (χ2v) is 3.20. The zero-order valence-corrected chi connectivity index (χ0v) is 9.49. The average Bonchev–Trinajstić information content (AvgIpc) is 2.37. The van der Waals surface area contributed by atoms with E-state index in [4.69, 9.17) is 14.7 Å². The Hall–Kier alpha value is -1.91. The van der Waals surface area contributed by atoms with Crippen LogP contribution in [-0.4, -0.2) is 40.5 Å². The molecule has 0 bridgehead atoms. The Morgan fingerprint density at radius 2 is 2.12 bits per heavy atom. The maximum absolute atomic E-state index is 9.79. The third-order valence-electron chi connectivity index (χ3n) is 2.12. The lowest BCUT2D eigenvalue weighted by Crippen LogP contribution is -2.19. The first-order valence-electron chi connectivity index (χ1n) is 4.82. The first-order chi connectivity index (χ1) is 8.13. The van der Waals surface area contributed by atoms with Gasteiger partial charge in [0.15, 0.2) is 0 Å². The molecule has 0 saturated heterocycles. The fourth-order valence-corrected chi connectivity index (χ4v) is 1.24. The van der Waals surface area contributed by atoms with Crippen LogP contribution in [0.4, 0.5) is 0 Å². The predicted octanol–water partition coefficient (Wildman–Crippen LogP) is -0.198. The minimum absolute atomic E-state index is 0.0903. The highest BCUT2D eigenvalue weighted by atomic mass is 16.5. The monoisotopic (exact) mass is 239 g/mol. The highest BCUT2D eigenvalue weighted by Crippen LogP contribution is 2.27. The van der Waals surface area contributed by atoms with Gasteiger partial charge in [-0.3, -0.25) is 0 Å². The van der Waals surface area contributed by atoms with Crippen molar-refractivity contribution in [2.24, 2.45) is 0 Å². The third kappa shape index (κ3) is 3.03. The van der Waals surface area contributed by atoms with Gasteiger partial charge in [-0.25, -0.2) is 4.98 Å². The van der Waals surface area contributed by atoms with Gasteiger partial charge in [0, 0.05) is 6.20 Å². The molecular formula is C10H13N3O4. The molecule has 1 heterocycles. The summed E-state index contributed by atoms with van der Waals surface area (Å²) < 4.78 is 9.75. The Kier molecular flexibility index (Phi) is 4.63. The lowest BCUT2D eigenvalue weighted by atomic mass is 10.1. The number of aliphatic hydroxyl groups is 2. The second-order valence-electron chi connectivity index (χ2n) is 3.20. The van der Waals surface area contributed by atoms with E-state index in [0.717, 1.165) is 0 Å². The van der Waals surface area contributed by atoms with Crippen LogP contribution in [0.15, 0.2) is 6.20 Å². The standard InChI is InChI=1S/C10H13N3O4/c1-16-9-6(5-12-10(13-9)17-2)8(15)7(14)3-4-11/h5,7-8,14-15H,3H2,1-2H3. The van der Waals surface area contributed by atoms with Crippen LogP contribution in [-0.2, 0) is 0 Å². The second kappa shape index (κ2) is 5.98. The van der Waals surface area contributed by atoms with E-state index in [-0.39, 0.29) is 23.9 Å². The van der Waals surface area contributed by atoms with Crippen LogP contribution in [0.1, 0.15) is 18.1 Å². The summed E-state index contributed by atoms with van der Waals surface area (Å²) in [6, 6.07) is 1.85. The Morgan fingerprint density at radius 3 is 2.65 bits per heavy atom. The Morgan fingerprint density at radius 1 is 1.41 bits per heavy atom. The van der Waals surface area contributed by atoms with Crippen LogP contribution in [0.25, 0.3) is 0 Å². The van der Waals surface area contributed by atoms with Crippen LogP contribution in [0.2, 0.25) is 0 Å². The molecule has 2 N–H and O–H groups in total. The SMILES string of the molecule is COc1ncc(C(O)C(O)CC#N)c(OC)n1. The lowest BCUT2D eigenvalue weighted by molar-refractivity contribution is 0.0195. The zero-order valence-electron chi connectivity index (χ0n) is 9.49. The smallest absolute Gasteiger partial charge is 0.319 e. The van der Waals surface area contributed by atoms with Gasteiger partial charge in [0.25, 0.3) is 0 Å². The van der Waals surface area contributed by atoms with Crippen molar-refractivity contribution in [3.05, 3.63) is 11.8 Å². The van der Waals surface area contributed by atoms with Gasteiger partial charge < -0.3 is 19.7 Å². The molecule has 0 aliphatic carbocycles. The van der Waals surface area contributed by atoms with Crippen molar-refractivity contribution in [2.75, 3.05) is 14.2 Å². The molecule has 0 fully saturated rings. The number of nitrogens with zero attached hydrogens (tertiary/aromatic N) is 3. The van der Waals surface area contributed by atoms with Crippen LogP contribution < -0.4 is 9.47 Å². The molecule has 1 rings (SSSR count). The fourth-order valence-electron chi connectivity index (χ4n) is 1.24. The van der Waals surface area contributed by atoms with Crippen LogP contribution in [0.5, 0.6) is 11.9 Å². The van der Waals surface area contributed by atoms with E-state index in [0.29, 0.717) is 0 Å². The predicted molar refractivity (Wildman–Crippen MR) is 56.3 cm³/mol. The fraction of sp³-hybridized carbons (Fsp3) is 0.500. The van der Waals surface area contributed by atoms with Gasteiger partial charge in [0.2, 0.25) is 5.88 Å². The van der Waals surface area contributed by atoms with Crippen LogP contribution in [0, 0.1) is 11.3 Å². The summed E-state index contributed by atoms with van der Waals surface area (Å²) in [5.41, 5.74) is 0.205. The van der Waals surface area contributed by atoms with E-state index < -0.39 is 12.2 Å². The van der Waals surface area contributed by atoms with E-state index in [1.165, 1.54) is 20.4 Å². The van der Waals surface area contributed by atoms with Gasteiger partial charge >= 0.3 is 6.01 Å². The molecule has 0 radical (unpaired) electrons. The highest BCUT2D eigenvalue weighted by molar-refractivity contribution is 5.28. The molecule has 0 aliphatic rings. The number of nitriles is 1. The van der Waals surface area contributed by atoms with Crippen molar-refractivity contribution >= 4 is 0 Å². The summed E-state index contributed by atoms with van der Waals surface area (Å²) in [4.78, 5) is 7.67. The van der Waals surface area contributed by atoms with Gasteiger partial charge in [0.05, 0.1) is 38.4 Å². The number of rotatable bonds is 5. The minimum Gasteiger partial charge on any atom is -0.481 e. The number of methoxy groups -OCH3 is 2. The summed E-state index contributed by atoms with van der Waals surface area (Å²) in [5.74, 6) is 0.0985. The van der Waals surface area contributed by atoms with Crippen molar-refractivity contribution in [2.45, 2.75) is 18.6 Å². The van der Waals surface area contributed by atoms with Crippen molar-refractivity contribution < 1.29 is 19.7 Å². The Labute approximate surface area is 98.3 Å². The summed E-state index contributed by atoms with van der Waals surface area (Å²) in [6.07, 6.45) is -1.41. The summed E-state index contributed by atoms with van der Waals surface area (Å²) in [6.45, 7) is 0. The van der Waals surface area contributed by atoms with Gasteiger partial charge in [-0.05, 0) is 0 Å². The van der Waals surface area contributed by atoms with Crippen molar-refractivity contribution in [1.82, 2.24) is 9.97 Å². The van der Waals surface area contributed by atoms with E-state index in [9.17, 15) is 10.2 Å². The molecule has 0 saturated carbocycles. The maximum atomic E-state index is 9.79. The van der Waals surface area contributed by atoms with Gasteiger partial charge in [0.1, 0.15) is 6.10 Å². The normalized spacial score (nSPS) is 13.6. The highest BCUT2D eigenvalue weighted by Gasteiger charge is 2.23. The van der Waals surface area contributed by atoms with Crippen LogP contribution in [0.3, 0.4) is 0 Å². The van der Waals surface area contributed by atoms with E-state index in [1.807, 2.05) is 0 Å². The minimum atomic E-state index is -1.28. The number of aliphatic hydroxyl groups excluding tert-OH is 2. The van der Waals surface area contributed by atoms with Crippen molar-refractivity contribution in [3.63, 3.8) is 0 Å². The Balaban J connectivity index is 3.01. The molecule has 17 heavy (non-hydrogen) atoms. The van der Waals surface area contributed by atoms with Crippen LogP contribution >= 0.6 is 0 Å². The molecule has 92 valence electrons. The van der Waals surface area contributed by atoms with Gasteiger partial charge in [-0.15, -0.1) is 0 Å². The molecule has 0 aliphatic heterocycles. The summed E-state index contributed by atoms with van der Waals surface area (Å²) >= 11 is 0. The van der Waals surface area contributed by atoms with Gasteiger partial charge in [-0.2, -0.15) is 10.2 Å².